The van der Waals surface area contributed by atoms with Crippen molar-refractivity contribution in [2.45, 2.75) is 19.3 Å². The standard InChI is InChI=1S/C17H16O4S/c1-2-20-17(19)16-12(14-5-3-7-21-14)9-11(10-13(16)18)15-6-4-8-22-15/h3-8,10,12,18H,2,9H2,1H3/p-1. The average molecular weight is 315 g/mol. The number of allylic oxidation sites excluding steroid dienone is 2. The lowest BCUT2D eigenvalue weighted by Crippen LogP contribution is -2.24. The van der Waals surface area contributed by atoms with E-state index in [4.69, 9.17) is 9.15 Å². The summed E-state index contributed by atoms with van der Waals surface area (Å²) in [7, 11) is 0. The molecular formula is C17H15O4S-. The zero-order valence-electron chi connectivity index (χ0n) is 12.1. The minimum absolute atomic E-state index is 0.150. The van der Waals surface area contributed by atoms with Gasteiger partial charge < -0.3 is 14.3 Å². The molecule has 1 atom stereocenters. The highest BCUT2D eigenvalue weighted by Crippen LogP contribution is 2.41. The quantitative estimate of drug-likeness (QED) is 0.813. The number of furan rings is 1. The summed E-state index contributed by atoms with van der Waals surface area (Å²) in [6.07, 6.45) is 3.64. The third kappa shape index (κ3) is 2.72. The fourth-order valence-corrected chi connectivity index (χ4v) is 3.36. The molecule has 0 saturated heterocycles. The van der Waals surface area contributed by atoms with Crippen molar-refractivity contribution in [2.24, 2.45) is 0 Å². The van der Waals surface area contributed by atoms with Crippen LogP contribution >= 0.6 is 11.3 Å². The molecule has 1 aliphatic carbocycles. The molecule has 2 aromatic rings. The van der Waals surface area contributed by atoms with Gasteiger partial charge in [0.2, 0.25) is 0 Å². The largest absolute Gasteiger partial charge is 0.872 e. The Balaban J connectivity index is 2.04. The SMILES string of the molecule is CCOC(=O)C1=C([O-])C=C(c2cccs2)CC1c1ccco1. The van der Waals surface area contributed by atoms with Crippen LogP contribution in [0.1, 0.15) is 29.9 Å². The maximum atomic E-state index is 12.5. The summed E-state index contributed by atoms with van der Waals surface area (Å²) in [6.45, 7) is 1.96. The number of thiophene rings is 1. The van der Waals surface area contributed by atoms with Crippen LogP contribution in [0.25, 0.3) is 5.57 Å². The maximum absolute atomic E-state index is 12.5. The third-order valence-electron chi connectivity index (χ3n) is 3.56. The minimum atomic E-state index is -0.560. The van der Waals surface area contributed by atoms with Crippen LogP contribution in [0.5, 0.6) is 0 Å². The lowest BCUT2D eigenvalue weighted by atomic mass is 9.83. The summed E-state index contributed by atoms with van der Waals surface area (Å²) in [5, 5.41) is 14.4. The predicted octanol–water partition coefficient (Wildman–Crippen LogP) is 3.09. The number of hydrogen-bond donors (Lipinski definition) is 0. The number of hydrogen-bond acceptors (Lipinski definition) is 5. The zero-order chi connectivity index (χ0) is 15.5. The molecule has 0 radical (unpaired) electrons. The van der Waals surface area contributed by atoms with E-state index in [0.717, 1.165) is 10.5 Å². The van der Waals surface area contributed by atoms with Crippen LogP contribution in [0, 0.1) is 0 Å². The lowest BCUT2D eigenvalue weighted by Gasteiger charge is -2.28. The molecule has 0 spiro atoms. The molecule has 4 nitrogen and oxygen atoms in total. The van der Waals surface area contributed by atoms with Crippen molar-refractivity contribution in [3.8, 4) is 0 Å². The Labute approximate surface area is 132 Å². The molecule has 22 heavy (non-hydrogen) atoms. The molecule has 1 aliphatic rings. The van der Waals surface area contributed by atoms with E-state index in [9.17, 15) is 9.90 Å². The Morgan fingerprint density at radius 1 is 1.45 bits per heavy atom. The van der Waals surface area contributed by atoms with Gasteiger partial charge in [0.25, 0.3) is 0 Å². The summed E-state index contributed by atoms with van der Waals surface area (Å²) in [5.41, 5.74) is 1.08. The molecule has 0 bridgehead atoms. The molecule has 0 fully saturated rings. The molecule has 5 heteroatoms. The van der Waals surface area contributed by atoms with Crippen LogP contribution in [-0.2, 0) is 9.53 Å². The number of esters is 1. The highest BCUT2D eigenvalue weighted by Gasteiger charge is 2.30. The number of ether oxygens (including phenoxy) is 1. The van der Waals surface area contributed by atoms with Crippen molar-refractivity contribution in [1.82, 2.24) is 0 Å². The lowest BCUT2D eigenvalue weighted by molar-refractivity contribution is -0.297. The van der Waals surface area contributed by atoms with E-state index < -0.39 is 11.9 Å². The van der Waals surface area contributed by atoms with Crippen molar-refractivity contribution in [1.29, 1.82) is 0 Å². The van der Waals surface area contributed by atoms with Crippen molar-refractivity contribution in [3.05, 3.63) is 64.0 Å². The molecule has 0 aliphatic heterocycles. The Morgan fingerprint density at radius 3 is 2.95 bits per heavy atom. The van der Waals surface area contributed by atoms with Gasteiger partial charge >= 0.3 is 5.97 Å². The van der Waals surface area contributed by atoms with E-state index in [1.54, 1.807) is 36.7 Å². The molecule has 2 heterocycles. The highest BCUT2D eigenvalue weighted by atomic mass is 32.1. The Kier molecular flexibility index (Phi) is 4.15. The van der Waals surface area contributed by atoms with E-state index in [1.807, 2.05) is 17.5 Å². The topological polar surface area (TPSA) is 62.5 Å². The van der Waals surface area contributed by atoms with E-state index >= 15 is 0 Å². The van der Waals surface area contributed by atoms with Gasteiger partial charge in [0.15, 0.2) is 0 Å². The average Bonchev–Trinajstić information content (AvgIpc) is 3.20. The molecule has 0 N–H and O–H groups in total. The second-order valence-corrected chi connectivity index (χ2v) is 5.87. The first-order valence-electron chi connectivity index (χ1n) is 7.06. The predicted molar refractivity (Wildman–Crippen MR) is 82.0 cm³/mol. The Morgan fingerprint density at radius 2 is 2.32 bits per heavy atom. The first-order chi connectivity index (χ1) is 10.7. The highest BCUT2D eigenvalue weighted by molar-refractivity contribution is 7.11. The summed E-state index contributed by atoms with van der Waals surface area (Å²) in [5.74, 6) is -0.646. The smallest absolute Gasteiger partial charge is 0.334 e. The minimum Gasteiger partial charge on any atom is -0.872 e. The summed E-state index contributed by atoms with van der Waals surface area (Å²) < 4.78 is 10.5. The summed E-state index contributed by atoms with van der Waals surface area (Å²) in [4.78, 5) is 13.2. The van der Waals surface area contributed by atoms with Crippen LogP contribution < -0.4 is 5.11 Å². The number of carbonyl (C=O) groups excluding carboxylic acids is 1. The molecule has 0 aromatic carbocycles. The maximum Gasteiger partial charge on any atom is 0.334 e. The molecule has 1 unspecified atom stereocenters. The van der Waals surface area contributed by atoms with Gasteiger partial charge in [-0.3, -0.25) is 0 Å². The molecule has 0 saturated carbocycles. The molecule has 2 aromatic heterocycles. The summed E-state index contributed by atoms with van der Waals surface area (Å²) in [6, 6.07) is 7.45. The van der Waals surface area contributed by atoms with Gasteiger partial charge in [-0.05, 0) is 42.5 Å². The second-order valence-electron chi connectivity index (χ2n) is 4.92. The summed E-state index contributed by atoms with van der Waals surface area (Å²) >= 11 is 1.57. The van der Waals surface area contributed by atoms with Gasteiger partial charge in [-0.1, -0.05) is 17.9 Å². The van der Waals surface area contributed by atoms with Crippen molar-refractivity contribution in [2.75, 3.05) is 6.61 Å². The zero-order valence-corrected chi connectivity index (χ0v) is 12.9. The molecule has 0 amide bonds. The molecule has 3 rings (SSSR count). The molecule has 114 valence electrons. The van der Waals surface area contributed by atoms with E-state index in [0.29, 0.717) is 12.2 Å². The van der Waals surface area contributed by atoms with E-state index in [1.165, 1.54) is 6.08 Å². The van der Waals surface area contributed by atoms with Crippen molar-refractivity contribution < 1.29 is 19.1 Å². The first kappa shape index (κ1) is 14.7. The van der Waals surface area contributed by atoms with Crippen molar-refractivity contribution >= 4 is 22.9 Å². The fraction of sp³-hybridized carbons (Fsp3) is 0.235. The van der Waals surface area contributed by atoms with Gasteiger partial charge in [0.1, 0.15) is 5.76 Å². The first-order valence-corrected chi connectivity index (χ1v) is 7.94. The van der Waals surface area contributed by atoms with Gasteiger partial charge in [-0.15, -0.1) is 11.3 Å². The van der Waals surface area contributed by atoms with E-state index in [-0.39, 0.29) is 17.9 Å². The van der Waals surface area contributed by atoms with Gasteiger partial charge in [-0.2, -0.15) is 0 Å². The van der Waals surface area contributed by atoms with Crippen LogP contribution in [0.3, 0.4) is 0 Å². The fourth-order valence-electron chi connectivity index (χ4n) is 2.61. The van der Waals surface area contributed by atoms with Crippen LogP contribution in [-0.4, -0.2) is 12.6 Å². The number of carbonyl (C=O) groups is 1. The second kappa shape index (κ2) is 6.23. The Bertz CT molecular complexity index is 708. The van der Waals surface area contributed by atoms with Gasteiger partial charge in [0.05, 0.1) is 18.8 Å². The van der Waals surface area contributed by atoms with Crippen molar-refractivity contribution in [3.63, 3.8) is 0 Å². The van der Waals surface area contributed by atoms with Crippen LogP contribution in [0.15, 0.2) is 57.7 Å². The normalized spacial score (nSPS) is 18.2. The third-order valence-corrected chi connectivity index (χ3v) is 4.51. The monoisotopic (exact) mass is 315 g/mol. The van der Waals surface area contributed by atoms with Crippen LogP contribution in [0.4, 0.5) is 0 Å². The van der Waals surface area contributed by atoms with Gasteiger partial charge in [0, 0.05) is 10.5 Å². The Hall–Kier alpha value is -2.27. The van der Waals surface area contributed by atoms with Gasteiger partial charge in [-0.25, -0.2) is 4.79 Å². The van der Waals surface area contributed by atoms with Crippen LogP contribution in [0.2, 0.25) is 0 Å². The van der Waals surface area contributed by atoms with E-state index in [2.05, 4.69) is 0 Å². The molecular weight excluding hydrogens is 300 g/mol. The number of rotatable bonds is 4.